The molecule has 0 saturated heterocycles. The second kappa shape index (κ2) is 6.61. The topological polar surface area (TPSA) is 50.7 Å². The molecule has 2 heterocycles. The van der Waals surface area contributed by atoms with Gasteiger partial charge in [-0.3, -0.25) is 9.89 Å². The minimum atomic E-state index is -0.0681. The van der Waals surface area contributed by atoms with Crippen molar-refractivity contribution in [3.8, 4) is 17.1 Å². The minimum Gasteiger partial charge on any atom is -0.289 e. The summed E-state index contributed by atoms with van der Waals surface area (Å²) in [5.41, 5.74) is 3.59. The van der Waals surface area contributed by atoms with Crippen molar-refractivity contribution in [1.82, 2.24) is 14.8 Å². The summed E-state index contributed by atoms with van der Waals surface area (Å²) in [5.74, 6) is 0.587. The summed E-state index contributed by atoms with van der Waals surface area (Å²) in [6, 6.07) is 25.5. The molecule has 0 spiro atoms. The van der Waals surface area contributed by atoms with Crippen molar-refractivity contribution in [2.45, 2.75) is 6.42 Å². The van der Waals surface area contributed by atoms with E-state index >= 15 is 0 Å². The standard InChI is InChI=1S/C21H17N3O/c25-21-18(15-16-9-3-1-4-10-16)20(17-11-5-2-6-12-17)23-24(21)19-13-7-8-14-22-19/h1-14,23H,15H2. The molecular weight excluding hydrogens is 310 g/mol. The first-order valence-corrected chi connectivity index (χ1v) is 8.17. The molecule has 2 aromatic carbocycles. The Balaban J connectivity index is 1.88. The van der Waals surface area contributed by atoms with Gasteiger partial charge in [-0.05, 0) is 23.3 Å². The Morgan fingerprint density at radius 2 is 1.52 bits per heavy atom. The molecule has 0 amide bonds. The van der Waals surface area contributed by atoms with Crippen LogP contribution in [0.5, 0.6) is 0 Å². The van der Waals surface area contributed by atoms with Crippen LogP contribution in [0.1, 0.15) is 11.1 Å². The van der Waals surface area contributed by atoms with Crippen LogP contribution in [0.4, 0.5) is 0 Å². The van der Waals surface area contributed by atoms with Gasteiger partial charge in [0.2, 0.25) is 0 Å². The monoisotopic (exact) mass is 327 g/mol. The van der Waals surface area contributed by atoms with Crippen LogP contribution in [-0.4, -0.2) is 14.8 Å². The molecule has 0 saturated carbocycles. The van der Waals surface area contributed by atoms with Crippen LogP contribution in [-0.2, 0) is 6.42 Å². The molecule has 0 radical (unpaired) electrons. The lowest BCUT2D eigenvalue weighted by atomic mass is 10.0. The average Bonchev–Trinajstić information content (AvgIpc) is 3.01. The highest BCUT2D eigenvalue weighted by molar-refractivity contribution is 5.63. The molecule has 0 atom stereocenters. The maximum absolute atomic E-state index is 13.1. The van der Waals surface area contributed by atoms with Crippen LogP contribution in [0, 0.1) is 0 Å². The minimum absolute atomic E-state index is 0.0681. The Morgan fingerprint density at radius 1 is 0.840 bits per heavy atom. The fourth-order valence-electron chi connectivity index (χ4n) is 2.93. The van der Waals surface area contributed by atoms with Crippen LogP contribution in [0.15, 0.2) is 89.9 Å². The molecule has 0 aliphatic heterocycles. The lowest BCUT2D eigenvalue weighted by Gasteiger charge is -2.03. The number of H-pyrrole nitrogens is 1. The van der Waals surface area contributed by atoms with Gasteiger partial charge in [-0.25, -0.2) is 9.67 Å². The van der Waals surface area contributed by atoms with Crippen LogP contribution in [0.2, 0.25) is 0 Å². The van der Waals surface area contributed by atoms with Crippen molar-refractivity contribution in [2.24, 2.45) is 0 Å². The summed E-state index contributed by atoms with van der Waals surface area (Å²) in [6.07, 6.45) is 2.25. The van der Waals surface area contributed by atoms with E-state index in [2.05, 4.69) is 10.1 Å². The van der Waals surface area contributed by atoms with E-state index < -0.39 is 0 Å². The van der Waals surface area contributed by atoms with Crippen molar-refractivity contribution >= 4 is 0 Å². The van der Waals surface area contributed by atoms with E-state index in [1.807, 2.05) is 78.9 Å². The molecule has 0 aliphatic carbocycles. The normalized spacial score (nSPS) is 10.7. The predicted molar refractivity (Wildman–Crippen MR) is 98.9 cm³/mol. The van der Waals surface area contributed by atoms with E-state index in [0.717, 1.165) is 22.4 Å². The van der Waals surface area contributed by atoms with Crippen molar-refractivity contribution in [3.63, 3.8) is 0 Å². The van der Waals surface area contributed by atoms with Gasteiger partial charge in [0, 0.05) is 18.2 Å². The summed E-state index contributed by atoms with van der Waals surface area (Å²) in [5, 5.41) is 3.24. The molecule has 0 unspecified atom stereocenters. The molecule has 2 aromatic heterocycles. The van der Waals surface area contributed by atoms with Gasteiger partial charge in [-0.15, -0.1) is 0 Å². The van der Waals surface area contributed by atoms with Gasteiger partial charge >= 0.3 is 0 Å². The number of nitrogens with zero attached hydrogens (tertiary/aromatic N) is 2. The van der Waals surface area contributed by atoms with Crippen molar-refractivity contribution in [1.29, 1.82) is 0 Å². The Morgan fingerprint density at radius 3 is 2.20 bits per heavy atom. The quantitative estimate of drug-likeness (QED) is 0.619. The molecule has 1 N–H and O–H groups in total. The molecule has 0 aliphatic rings. The summed E-state index contributed by atoms with van der Waals surface area (Å²) in [7, 11) is 0. The van der Waals surface area contributed by atoms with Crippen molar-refractivity contribution < 1.29 is 0 Å². The van der Waals surface area contributed by atoms with Gasteiger partial charge in [0.15, 0.2) is 5.82 Å². The van der Waals surface area contributed by atoms with Crippen LogP contribution in [0.3, 0.4) is 0 Å². The number of aromatic amines is 1. The van der Waals surface area contributed by atoms with Gasteiger partial charge < -0.3 is 0 Å². The van der Waals surface area contributed by atoms with E-state index in [1.165, 1.54) is 4.68 Å². The first-order chi connectivity index (χ1) is 12.3. The highest BCUT2D eigenvalue weighted by atomic mass is 16.1. The molecule has 4 heteroatoms. The Kier molecular flexibility index (Phi) is 4.01. The van der Waals surface area contributed by atoms with E-state index in [4.69, 9.17) is 0 Å². The Bertz CT molecular complexity index is 1020. The maximum atomic E-state index is 13.1. The Labute approximate surface area is 145 Å². The lowest BCUT2D eigenvalue weighted by molar-refractivity contribution is 0.819. The smallest absolute Gasteiger partial charge is 0.276 e. The number of pyridine rings is 1. The molecule has 4 aromatic rings. The van der Waals surface area contributed by atoms with Crippen LogP contribution in [0.25, 0.3) is 17.1 Å². The van der Waals surface area contributed by atoms with Gasteiger partial charge in [-0.2, -0.15) is 0 Å². The maximum Gasteiger partial charge on any atom is 0.276 e. The van der Waals surface area contributed by atoms with Gasteiger partial charge in [-0.1, -0.05) is 66.7 Å². The van der Waals surface area contributed by atoms with Crippen LogP contribution >= 0.6 is 0 Å². The summed E-state index contributed by atoms with van der Waals surface area (Å²) < 4.78 is 1.51. The average molecular weight is 327 g/mol. The third-order valence-electron chi connectivity index (χ3n) is 4.15. The fourth-order valence-corrected chi connectivity index (χ4v) is 2.93. The number of hydrogen-bond acceptors (Lipinski definition) is 2. The molecule has 0 bridgehead atoms. The van der Waals surface area contributed by atoms with E-state index in [1.54, 1.807) is 6.20 Å². The van der Waals surface area contributed by atoms with Crippen LogP contribution < -0.4 is 5.56 Å². The molecule has 0 fully saturated rings. The van der Waals surface area contributed by atoms with Gasteiger partial charge in [0.25, 0.3) is 5.56 Å². The Hall–Kier alpha value is -3.40. The molecular formula is C21H17N3O. The molecule has 4 rings (SSSR count). The summed E-state index contributed by atoms with van der Waals surface area (Å²) in [6.45, 7) is 0. The van der Waals surface area contributed by atoms with E-state index in [9.17, 15) is 4.79 Å². The third-order valence-corrected chi connectivity index (χ3v) is 4.15. The zero-order chi connectivity index (χ0) is 17.1. The first kappa shape index (κ1) is 15.1. The lowest BCUT2D eigenvalue weighted by Crippen LogP contribution is -2.18. The third kappa shape index (κ3) is 3.02. The number of hydrogen-bond donors (Lipinski definition) is 1. The van der Waals surface area contributed by atoms with E-state index in [0.29, 0.717) is 12.2 Å². The summed E-state index contributed by atoms with van der Waals surface area (Å²) in [4.78, 5) is 17.4. The fraction of sp³-hybridized carbons (Fsp3) is 0.0476. The predicted octanol–water partition coefficient (Wildman–Crippen LogP) is 3.82. The number of aromatic nitrogens is 3. The van der Waals surface area contributed by atoms with E-state index in [-0.39, 0.29) is 5.56 Å². The molecule has 4 nitrogen and oxygen atoms in total. The second-order valence-corrected chi connectivity index (χ2v) is 5.82. The highest BCUT2D eigenvalue weighted by Gasteiger charge is 2.17. The highest BCUT2D eigenvalue weighted by Crippen LogP contribution is 2.22. The number of benzene rings is 2. The van der Waals surface area contributed by atoms with Crippen molar-refractivity contribution in [3.05, 3.63) is 107 Å². The van der Waals surface area contributed by atoms with Crippen molar-refractivity contribution in [2.75, 3.05) is 0 Å². The van der Waals surface area contributed by atoms with Gasteiger partial charge in [0.05, 0.1) is 5.69 Å². The number of nitrogens with one attached hydrogen (secondary N) is 1. The first-order valence-electron chi connectivity index (χ1n) is 8.17. The second-order valence-electron chi connectivity index (χ2n) is 5.82. The number of rotatable bonds is 4. The summed E-state index contributed by atoms with van der Waals surface area (Å²) >= 11 is 0. The van der Waals surface area contributed by atoms with Gasteiger partial charge in [0.1, 0.15) is 0 Å². The zero-order valence-corrected chi connectivity index (χ0v) is 13.6. The largest absolute Gasteiger partial charge is 0.289 e. The SMILES string of the molecule is O=c1c(Cc2ccccc2)c(-c2ccccc2)[nH]n1-c1ccccn1. The zero-order valence-electron chi connectivity index (χ0n) is 13.6. The molecule has 25 heavy (non-hydrogen) atoms. The molecule has 122 valence electrons.